The number of benzene rings is 1. The number of ketones is 1. The summed E-state index contributed by atoms with van der Waals surface area (Å²) in [5, 5.41) is 12.1. The quantitative estimate of drug-likeness (QED) is 0.887. The van der Waals surface area contributed by atoms with E-state index < -0.39 is 11.0 Å². The van der Waals surface area contributed by atoms with Crippen molar-refractivity contribution < 1.29 is 14.6 Å². The predicted octanol–water partition coefficient (Wildman–Crippen LogP) is 2.87. The van der Waals surface area contributed by atoms with Crippen LogP contribution in [0.25, 0.3) is 0 Å². The Balaban J connectivity index is 2.52. The Bertz CT molecular complexity index is 552. The summed E-state index contributed by atoms with van der Waals surface area (Å²) in [6.07, 6.45) is 0. The molecule has 0 spiro atoms. The van der Waals surface area contributed by atoms with E-state index in [1.54, 1.807) is 0 Å². The van der Waals surface area contributed by atoms with Gasteiger partial charge in [0.1, 0.15) is 12.4 Å². The van der Waals surface area contributed by atoms with Gasteiger partial charge in [-0.3, -0.25) is 4.79 Å². The highest BCUT2D eigenvalue weighted by atomic mass is 79.9. The van der Waals surface area contributed by atoms with Crippen molar-refractivity contribution in [1.82, 2.24) is 0 Å². The first-order valence-electron chi connectivity index (χ1n) is 6.61. The van der Waals surface area contributed by atoms with E-state index in [4.69, 9.17) is 9.84 Å². The maximum Gasteiger partial charge on any atom is 0.167 e. The van der Waals surface area contributed by atoms with E-state index in [0.29, 0.717) is 5.75 Å². The molecular formula is C15H20BrNO3. The second-order valence-electron chi connectivity index (χ2n) is 6.10. The molecule has 1 heterocycles. The fraction of sp³-hybridized carbons (Fsp3) is 0.533. The molecule has 1 aliphatic heterocycles. The number of anilines is 1. The molecule has 0 atom stereocenters. The van der Waals surface area contributed by atoms with Crippen LogP contribution in [0, 0.1) is 0 Å². The van der Waals surface area contributed by atoms with Crippen molar-refractivity contribution in [2.45, 2.75) is 38.6 Å². The van der Waals surface area contributed by atoms with Crippen LogP contribution in [0.4, 0.5) is 5.69 Å². The van der Waals surface area contributed by atoms with Crippen LogP contribution >= 0.6 is 15.9 Å². The lowest BCUT2D eigenvalue weighted by atomic mass is 9.70. The van der Waals surface area contributed by atoms with E-state index >= 15 is 0 Å². The van der Waals surface area contributed by atoms with Gasteiger partial charge < -0.3 is 15.2 Å². The van der Waals surface area contributed by atoms with Gasteiger partial charge in [-0.25, -0.2) is 0 Å². The average Bonchev–Trinajstić information content (AvgIpc) is 2.36. The van der Waals surface area contributed by atoms with E-state index in [1.165, 1.54) is 0 Å². The lowest BCUT2D eigenvalue weighted by molar-refractivity contribution is -0.127. The third-order valence-electron chi connectivity index (χ3n) is 3.68. The number of aliphatic hydroxyl groups excluding tert-OH is 1. The number of carbonyl (C=O) groups excluding carboxylic acids is 1. The van der Waals surface area contributed by atoms with E-state index in [-0.39, 0.29) is 19.0 Å². The van der Waals surface area contributed by atoms with Gasteiger partial charge in [0.15, 0.2) is 5.78 Å². The van der Waals surface area contributed by atoms with Crippen molar-refractivity contribution >= 4 is 27.4 Å². The molecule has 1 aliphatic rings. The molecule has 0 aromatic heterocycles. The highest BCUT2D eigenvalue weighted by Gasteiger charge is 2.46. The van der Waals surface area contributed by atoms with Gasteiger partial charge in [-0.15, -0.1) is 0 Å². The molecule has 0 radical (unpaired) electrons. The first kappa shape index (κ1) is 15.3. The minimum absolute atomic E-state index is 0.0353. The van der Waals surface area contributed by atoms with Crippen LogP contribution in [0.1, 0.15) is 33.3 Å². The van der Waals surface area contributed by atoms with Crippen molar-refractivity contribution in [3.63, 3.8) is 0 Å². The minimum atomic E-state index is -0.613. The monoisotopic (exact) mass is 341 g/mol. The zero-order chi connectivity index (χ0) is 15.1. The molecule has 0 amide bonds. The smallest absolute Gasteiger partial charge is 0.167 e. The first-order chi connectivity index (χ1) is 9.20. The van der Waals surface area contributed by atoms with Crippen molar-refractivity contribution in [2.75, 3.05) is 18.5 Å². The largest absolute Gasteiger partial charge is 0.490 e. The molecule has 110 valence electrons. The fourth-order valence-electron chi connectivity index (χ4n) is 2.74. The van der Waals surface area contributed by atoms with Gasteiger partial charge >= 0.3 is 0 Å². The van der Waals surface area contributed by atoms with Crippen LogP contribution in [0.2, 0.25) is 0 Å². The molecule has 0 bridgehead atoms. The number of carbonyl (C=O) groups is 1. The highest BCUT2D eigenvalue weighted by molar-refractivity contribution is 9.10. The van der Waals surface area contributed by atoms with Gasteiger partial charge in [-0.05, 0) is 55.3 Å². The van der Waals surface area contributed by atoms with Gasteiger partial charge in [0.25, 0.3) is 0 Å². The van der Waals surface area contributed by atoms with E-state index in [0.717, 1.165) is 15.7 Å². The number of fused-ring (bicyclic) bond motifs is 1. The molecule has 4 nitrogen and oxygen atoms in total. The second kappa shape index (κ2) is 5.04. The molecule has 5 heteroatoms. The average molecular weight is 342 g/mol. The van der Waals surface area contributed by atoms with Gasteiger partial charge in [-0.2, -0.15) is 0 Å². The third-order valence-corrected chi connectivity index (χ3v) is 4.30. The van der Waals surface area contributed by atoms with Crippen LogP contribution in [0.3, 0.4) is 0 Å². The Morgan fingerprint density at radius 2 is 1.95 bits per heavy atom. The summed E-state index contributed by atoms with van der Waals surface area (Å²) in [6, 6.07) is 3.80. The lowest BCUT2D eigenvalue weighted by Crippen LogP contribution is -2.53. The third kappa shape index (κ3) is 2.44. The zero-order valence-corrected chi connectivity index (χ0v) is 13.8. The first-order valence-corrected chi connectivity index (χ1v) is 7.40. The molecule has 0 unspecified atom stereocenters. The molecular weight excluding hydrogens is 322 g/mol. The number of nitrogens with one attached hydrogen (secondary N) is 1. The zero-order valence-electron chi connectivity index (χ0n) is 12.2. The van der Waals surface area contributed by atoms with Crippen molar-refractivity contribution in [2.24, 2.45) is 0 Å². The van der Waals surface area contributed by atoms with E-state index in [2.05, 4.69) is 21.2 Å². The van der Waals surface area contributed by atoms with Crippen LogP contribution in [-0.4, -0.2) is 29.6 Å². The second-order valence-corrected chi connectivity index (χ2v) is 6.96. The Morgan fingerprint density at radius 1 is 1.30 bits per heavy atom. The maximum absolute atomic E-state index is 12.6. The van der Waals surface area contributed by atoms with Gasteiger partial charge in [0.05, 0.1) is 22.0 Å². The molecule has 0 aliphatic carbocycles. The predicted molar refractivity (Wildman–Crippen MR) is 82.5 cm³/mol. The topological polar surface area (TPSA) is 58.6 Å². The van der Waals surface area contributed by atoms with Crippen LogP contribution in [0.15, 0.2) is 16.6 Å². The number of ether oxygens (including phenoxy) is 1. The summed E-state index contributed by atoms with van der Waals surface area (Å²) < 4.78 is 6.28. The summed E-state index contributed by atoms with van der Waals surface area (Å²) >= 11 is 3.46. The van der Waals surface area contributed by atoms with Crippen molar-refractivity contribution in [3.8, 4) is 5.75 Å². The molecule has 0 fully saturated rings. The van der Waals surface area contributed by atoms with Crippen molar-refractivity contribution in [3.05, 3.63) is 22.2 Å². The summed E-state index contributed by atoms with van der Waals surface area (Å²) in [5.74, 6) is 0.819. The molecule has 2 N–H and O–H groups in total. The summed E-state index contributed by atoms with van der Waals surface area (Å²) in [4.78, 5) is 12.6. The van der Waals surface area contributed by atoms with Gasteiger partial charge in [0.2, 0.25) is 0 Å². The van der Waals surface area contributed by atoms with Gasteiger partial charge in [0, 0.05) is 11.8 Å². The summed E-state index contributed by atoms with van der Waals surface area (Å²) in [6.45, 7) is 7.86. The molecule has 0 saturated carbocycles. The minimum Gasteiger partial charge on any atom is -0.490 e. The van der Waals surface area contributed by atoms with Crippen LogP contribution in [0.5, 0.6) is 5.75 Å². The summed E-state index contributed by atoms with van der Waals surface area (Å²) in [7, 11) is 0. The standard InChI is InChI=1S/C15H20BrNO3/c1-14(2)9-7-10(16)12(20-6-5-18)8-11(9)17-15(3,4)13(14)19/h7-8,17-18H,5-6H2,1-4H3. The van der Waals surface area contributed by atoms with Gasteiger partial charge in [-0.1, -0.05) is 0 Å². The maximum atomic E-state index is 12.6. The van der Waals surface area contributed by atoms with Crippen LogP contribution in [-0.2, 0) is 10.2 Å². The number of Topliss-reactive ketones (excluding diaryl/α,β-unsaturated/α-hetero) is 1. The molecule has 2 rings (SSSR count). The van der Waals surface area contributed by atoms with Crippen LogP contribution < -0.4 is 10.1 Å². The fourth-order valence-corrected chi connectivity index (χ4v) is 3.19. The van der Waals surface area contributed by atoms with E-state index in [9.17, 15) is 4.79 Å². The highest BCUT2D eigenvalue weighted by Crippen LogP contribution is 2.44. The number of hydrogen-bond acceptors (Lipinski definition) is 4. The Kier molecular flexibility index (Phi) is 3.86. The SMILES string of the molecule is CC1(C)Nc2cc(OCCO)c(Br)cc2C(C)(C)C1=O. The Hall–Kier alpha value is -1.07. The number of aliphatic hydroxyl groups is 1. The summed E-state index contributed by atoms with van der Waals surface area (Å²) in [5.41, 5.74) is 0.682. The molecule has 20 heavy (non-hydrogen) atoms. The lowest BCUT2D eigenvalue weighted by Gasteiger charge is -2.42. The van der Waals surface area contributed by atoms with Crippen molar-refractivity contribution in [1.29, 1.82) is 0 Å². The van der Waals surface area contributed by atoms with E-state index in [1.807, 2.05) is 39.8 Å². The number of hydrogen-bond donors (Lipinski definition) is 2. The Morgan fingerprint density at radius 3 is 2.55 bits per heavy atom. The normalized spacial score (nSPS) is 19.2. The molecule has 0 saturated heterocycles. The molecule has 1 aromatic carbocycles. The molecule has 1 aromatic rings. The number of halogens is 1. The Labute approximate surface area is 127 Å². The number of rotatable bonds is 3.